The SMILES string of the molecule is CCOc1ccc(O)cc1OCC.OCC1CCC(CO)CC1. The largest absolute Gasteiger partial charge is 0.508 e. The molecule has 1 aliphatic carbocycles. The van der Waals surface area contributed by atoms with E-state index in [4.69, 9.17) is 19.7 Å². The zero-order valence-electron chi connectivity index (χ0n) is 14.2. The number of phenols is 1. The normalized spacial score (nSPS) is 20.3. The molecule has 1 saturated carbocycles. The molecule has 132 valence electrons. The van der Waals surface area contributed by atoms with Gasteiger partial charge < -0.3 is 24.8 Å². The van der Waals surface area contributed by atoms with Crippen LogP contribution < -0.4 is 9.47 Å². The average molecular weight is 326 g/mol. The number of hydrogen-bond donors (Lipinski definition) is 3. The number of aliphatic hydroxyl groups is 2. The molecule has 0 bridgehead atoms. The van der Waals surface area contributed by atoms with Crippen LogP contribution >= 0.6 is 0 Å². The fourth-order valence-electron chi connectivity index (χ4n) is 2.64. The summed E-state index contributed by atoms with van der Waals surface area (Å²) in [6.07, 6.45) is 4.40. The summed E-state index contributed by atoms with van der Waals surface area (Å²) in [4.78, 5) is 0. The third kappa shape index (κ3) is 7.10. The van der Waals surface area contributed by atoms with Crippen LogP contribution in [0.1, 0.15) is 39.5 Å². The first-order valence-electron chi connectivity index (χ1n) is 8.44. The molecule has 1 aromatic carbocycles. The van der Waals surface area contributed by atoms with Gasteiger partial charge in [0.15, 0.2) is 11.5 Å². The molecule has 0 amide bonds. The van der Waals surface area contributed by atoms with Crippen molar-refractivity contribution < 1.29 is 24.8 Å². The molecule has 3 N–H and O–H groups in total. The van der Waals surface area contributed by atoms with Gasteiger partial charge in [0.05, 0.1) is 13.2 Å². The van der Waals surface area contributed by atoms with Crippen LogP contribution in [0.5, 0.6) is 17.2 Å². The highest BCUT2D eigenvalue weighted by Crippen LogP contribution is 2.30. The molecule has 0 radical (unpaired) electrons. The van der Waals surface area contributed by atoms with E-state index < -0.39 is 0 Å². The van der Waals surface area contributed by atoms with E-state index in [1.54, 1.807) is 18.2 Å². The van der Waals surface area contributed by atoms with Gasteiger partial charge in [-0.15, -0.1) is 0 Å². The van der Waals surface area contributed by atoms with E-state index >= 15 is 0 Å². The Morgan fingerprint density at radius 3 is 1.78 bits per heavy atom. The molecule has 1 aromatic rings. The molecular weight excluding hydrogens is 296 g/mol. The lowest BCUT2D eigenvalue weighted by Gasteiger charge is -2.25. The van der Waals surface area contributed by atoms with Crippen molar-refractivity contribution in [3.8, 4) is 17.2 Å². The Bertz CT molecular complexity index is 415. The van der Waals surface area contributed by atoms with E-state index in [0.29, 0.717) is 49.8 Å². The molecule has 0 spiro atoms. The van der Waals surface area contributed by atoms with Crippen molar-refractivity contribution in [1.82, 2.24) is 0 Å². The predicted molar refractivity (Wildman–Crippen MR) is 90.1 cm³/mol. The van der Waals surface area contributed by atoms with Gasteiger partial charge in [-0.2, -0.15) is 0 Å². The number of ether oxygens (including phenoxy) is 2. The lowest BCUT2D eigenvalue weighted by atomic mass is 9.83. The highest BCUT2D eigenvalue weighted by molar-refractivity contribution is 5.44. The Morgan fingerprint density at radius 1 is 0.870 bits per heavy atom. The van der Waals surface area contributed by atoms with Crippen LogP contribution in [0.15, 0.2) is 18.2 Å². The van der Waals surface area contributed by atoms with E-state index in [0.717, 1.165) is 25.7 Å². The molecular formula is C18H30O5. The van der Waals surface area contributed by atoms with Crippen LogP contribution in [0.4, 0.5) is 0 Å². The molecule has 2 rings (SSSR count). The average Bonchev–Trinajstić information content (AvgIpc) is 2.58. The Labute approximate surface area is 138 Å². The maximum Gasteiger partial charge on any atom is 0.164 e. The molecule has 0 unspecified atom stereocenters. The molecule has 1 aliphatic rings. The Balaban J connectivity index is 0.000000238. The number of benzene rings is 1. The minimum Gasteiger partial charge on any atom is -0.508 e. The second-order valence-corrected chi connectivity index (χ2v) is 5.75. The summed E-state index contributed by atoms with van der Waals surface area (Å²) in [5, 5.41) is 26.8. The zero-order chi connectivity index (χ0) is 17.1. The quantitative estimate of drug-likeness (QED) is 0.749. The number of aliphatic hydroxyl groups excluding tert-OH is 2. The first-order valence-corrected chi connectivity index (χ1v) is 8.44. The van der Waals surface area contributed by atoms with Gasteiger partial charge in [-0.05, 0) is 63.5 Å². The maximum absolute atomic E-state index is 9.20. The predicted octanol–water partition coefficient (Wildman–Crippen LogP) is 2.97. The second-order valence-electron chi connectivity index (χ2n) is 5.75. The molecule has 5 heteroatoms. The molecule has 0 aromatic heterocycles. The topological polar surface area (TPSA) is 79.2 Å². The minimum atomic E-state index is 0.187. The summed E-state index contributed by atoms with van der Waals surface area (Å²) in [7, 11) is 0. The number of phenolic OH excluding ortho intramolecular Hbond substituents is 1. The summed E-state index contributed by atoms with van der Waals surface area (Å²) in [5.74, 6) is 2.48. The van der Waals surface area contributed by atoms with Crippen molar-refractivity contribution in [2.24, 2.45) is 11.8 Å². The Hall–Kier alpha value is -1.46. The first-order chi connectivity index (χ1) is 11.1. The Kier molecular flexibility index (Phi) is 9.48. The summed E-state index contributed by atoms with van der Waals surface area (Å²) in [5.41, 5.74) is 0. The lowest BCUT2D eigenvalue weighted by molar-refractivity contribution is 0.131. The monoisotopic (exact) mass is 326 g/mol. The summed E-state index contributed by atoms with van der Waals surface area (Å²) in [6.45, 7) is 5.60. The number of aromatic hydroxyl groups is 1. The minimum absolute atomic E-state index is 0.187. The highest BCUT2D eigenvalue weighted by Gasteiger charge is 2.19. The zero-order valence-corrected chi connectivity index (χ0v) is 14.2. The molecule has 5 nitrogen and oxygen atoms in total. The lowest BCUT2D eigenvalue weighted by Crippen LogP contribution is -2.19. The second kappa shape index (κ2) is 11.1. The van der Waals surface area contributed by atoms with E-state index in [-0.39, 0.29) is 5.75 Å². The highest BCUT2D eigenvalue weighted by atomic mass is 16.5. The van der Waals surface area contributed by atoms with Crippen molar-refractivity contribution in [3.05, 3.63) is 18.2 Å². The van der Waals surface area contributed by atoms with Crippen LogP contribution in [0.2, 0.25) is 0 Å². The van der Waals surface area contributed by atoms with Gasteiger partial charge >= 0.3 is 0 Å². The van der Waals surface area contributed by atoms with Crippen LogP contribution in [0.25, 0.3) is 0 Å². The molecule has 0 saturated heterocycles. The van der Waals surface area contributed by atoms with E-state index in [9.17, 15) is 5.11 Å². The third-order valence-electron chi connectivity index (χ3n) is 4.01. The molecule has 0 heterocycles. The molecule has 23 heavy (non-hydrogen) atoms. The van der Waals surface area contributed by atoms with Crippen LogP contribution in [0.3, 0.4) is 0 Å². The fourth-order valence-corrected chi connectivity index (χ4v) is 2.64. The number of hydrogen-bond acceptors (Lipinski definition) is 5. The van der Waals surface area contributed by atoms with E-state index in [2.05, 4.69) is 0 Å². The first kappa shape index (κ1) is 19.6. The Morgan fingerprint density at radius 2 is 1.35 bits per heavy atom. The van der Waals surface area contributed by atoms with Crippen LogP contribution in [0, 0.1) is 11.8 Å². The van der Waals surface area contributed by atoms with E-state index in [1.165, 1.54) is 0 Å². The maximum atomic E-state index is 9.20. The van der Waals surface area contributed by atoms with Crippen molar-refractivity contribution in [3.63, 3.8) is 0 Å². The fraction of sp³-hybridized carbons (Fsp3) is 0.667. The van der Waals surface area contributed by atoms with Crippen molar-refractivity contribution >= 4 is 0 Å². The van der Waals surface area contributed by atoms with E-state index in [1.807, 2.05) is 13.8 Å². The van der Waals surface area contributed by atoms with Crippen molar-refractivity contribution in [2.75, 3.05) is 26.4 Å². The van der Waals surface area contributed by atoms with Gasteiger partial charge in [-0.1, -0.05) is 0 Å². The van der Waals surface area contributed by atoms with Gasteiger partial charge in [0.1, 0.15) is 5.75 Å². The van der Waals surface area contributed by atoms with Gasteiger partial charge in [-0.3, -0.25) is 0 Å². The number of rotatable bonds is 6. The standard InChI is InChI=1S/C10H14O3.C8H16O2/c1-3-12-9-6-5-8(11)7-10(9)13-4-2;9-5-7-1-2-8(6-10)4-3-7/h5-7,11H,3-4H2,1-2H3;7-10H,1-6H2. The molecule has 0 aliphatic heterocycles. The summed E-state index contributed by atoms with van der Waals surface area (Å²) in [6, 6.07) is 4.83. The smallest absolute Gasteiger partial charge is 0.164 e. The summed E-state index contributed by atoms with van der Waals surface area (Å²) < 4.78 is 10.6. The van der Waals surface area contributed by atoms with Crippen LogP contribution in [-0.4, -0.2) is 41.7 Å². The van der Waals surface area contributed by atoms with Gasteiger partial charge in [0.25, 0.3) is 0 Å². The van der Waals surface area contributed by atoms with Gasteiger partial charge in [-0.25, -0.2) is 0 Å². The molecule has 0 atom stereocenters. The van der Waals surface area contributed by atoms with Crippen LogP contribution in [-0.2, 0) is 0 Å². The summed E-state index contributed by atoms with van der Waals surface area (Å²) >= 11 is 0. The molecule has 1 fully saturated rings. The van der Waals surface area contributed by atoms with Crippen molar-refractivity contribution in [1.29, 1.82) is 0 Å². The third-order valence-corrected chi connectivity index (χ3v) is 4.01. The van der Waals surface area contributed by atoms with Crippen molar-refractivity contribution in [2.45, 2.75) is 39.5 Å². The van der Waals surface area contributed by atoms with Gasteiger partial charge in [0.2, 0.25) is 0 Å². The van der Waals surface area contributed by atoms with Gasteiger partial charge in [0, 0.05) is 19.3 Å².